The highest BCUT2D eigenvalue weighted by Gasteiger charge is 1.75. The van der Waals surface area contributed by atoms with Crippen molar-refractivity contribution in [3.63, 3.8) is 0 Å². The fourth-order valence-electron chi connectivity index (χ4n) is 0.854. The monoisotopic (exact) mass is 351 g/mol. The Morgan fingerprint density at radius 2 is 0.391 bits per heavy atom. The van der Waals surface area contributed by atoms with Crippen LogP contribution in [-0.2, 0) is 0 Å². The van der Waals surface area contributed by atoms with Gasteiger partial charge >= 0.3 is 0 Å². The summed E-state index contributed by atoms with van der Waals surface area (Å²) in [5, 5.41) is 0. The number of hydrogen-bond donors (Lipinski definition) is 0. The standard InChI is InChI=1S/C6H14.C5H12.12CH4/c1-3-5-6-4-2;1-3-5-4-2;;;;;;;;;;;;/h3-6H2,1-2H3;3-5H2,1-2H3;12*1H4. The van der Waals surface area contributed by atoms with E-state index in [1.807, 2.05) is 0 Å². The van der Waals surface area contributed by atoms with E-state index in [9.17, 15) is 0 Å². The highest BCUT2D eigenvalue weighted by atomic mass is 13.8. The third-order valence-electron chi connectivity index (χ3n) is 1.66. The van der Waals surface area contributed by atoms with Gasteiger partial charge in [-0.2, -0.15) is 0 Å². The SMILES string of the molecule is C.C.C.C.C.C.C.C.C.C.C.C.CCCCC.CCCCCC. The second-order valence-corrected chi connectivity index (χ2v) is 3.06. The van der Waals surface area contributed by atoms with Gasteiger partial charge in [-0.05, 0) is 0 Å². The lowest BCUT2D eigenvalue weighted by molar-refractivity contribution is 0.702. The molecule has 0 atom stereocenters. The lowest BCUT2D eigenvalue weighted by Crippen LogP contribution is -1.66. The van der Waals surface area contributed by atoms with Crippen LogP contribution in [0.2, 0.25) is 0 Å². The molecule has 0 nitrogen and oxygen atoms in total. The molecule has 0 radical (unpaired) electrons. The van der Waals surface area contributed by atoms with E-state index in [-0.39, 0.29) is 89.1 Å². The largest absolute Gasteiger partial charge is 0.0776 e. The van der Waals surface area contributed by atoms with Gasteiger partial charge in [0, 0.05) is 0 Å². The normalized spacial score (nSPS) is 4.17. The Hall–Kier alpha value is 0. The van der Waals surface area contributed by atoms with Gasteiger partial charge in [0.1, 0.15) is 0 Å². The molecule has 0 aromatic carbocycles. The average molecular weight is 351 g/mol. The molecule has 0 aromatic rings. The molecule has 0 aromatic heterocycles. The molecule has 166 valence electrons. The molecule has 0 rings (SSSR count). The first-order chi connectivity index (χ1) is 5.33. The summed E-state index contributed by atoms with van der Waals surface area (Å²) in [6.45, 7) is 8.89. The first-order valence-electron chi connectivity index (χ1n) is 5.33. The Bertz CT molecular complexity index is 33.3. The van der Waals surface area contributed by atoms with E-state index in [0.717, 1.165) is 0 Å². The third kappa shape index (κ3) is 352. The van der Waals surface area contributed by atoms with Crippen LogP contribution in [0.25, 0.3) is 0 Å². The van der Waals surface area contributed by atoms with Crippen LogP contribution in [0.15, 0.2) is 0 Å². The number of rotatable bonds is 5. The molecular weight excluding hydrogens is 276 g/mol. The van der Waals surface area contributed by atoms with Crippen molar-refractivity contribution >= 4 is 0 Å². The molecule has 0 spiro atoms. The molecule has 0 saturated carbocycles. The molecular formula is C23H74. The van der Waals surface area contributed by atoms with Gasteiger partial charge in [-0.25, -0.2) is 0 Å². The summed E-state index contributed by atoms with van der Waals surface area (Å²) < 4.78 is 0. The lowest BCUT2D eigenvalue weighted by Gasteiger charge is -1.86. The number of unbranched alkanes of at least 4 members (excludes halogenated alkanes) is 5. The van der Waals surface area contributed by atoms with Crippen LogP contribution >= 0.6 is 0 Å². The minimum atomic E-state index is 0. The zero-order valence-electron chi connectivity index (χ0n) is 8.95. The van der Waals surface area contributed by atoms with Gasteiger partial charge in [0.25, 0.3) is 0 Å². The van der Waals surface area contributed by atoms with Gasteiger partial charge in [-0.15, -0.1) is 0 Å². The maximum absolute atomic E-state index is 2.23. The first-order valence-corrected chi connectivity index (χ1v) is 5.33. The van der Waals surface area contributed by atoms with E-state index in [1.165, 1.54) is 44.9 Å². The molecule has 0 N–H and O–H groups in total. The smallest absolute Gasteiger partial charge is 0.0536 e. The predicted octanol–water partition coefficient (Wildman–Crippen LogP) is 12.4. The summed E-state index contributed by atoms with van der Waals surface area (Å²) in [5.74, 6) is 0. The molecule has 0 aliphatic rings. The van der Waals surface area contributed by atoms with Crippen LogP contribution in [0.4, 0.5) is 0 Å². The van der Waals surface area contributed by atoms with Crippen LogP contribution < -0.4 is 0 Å². The van der Waals surface area contributed by atoms with Crippen LogP contribution in [-0.4, -0.2) is 0 Å². The van der Waals surface area contributed by atoms with Crippen molar-refractivity contribution in [1.29, 1.82) is 0 Å². The zero-order valence-corrected chi connectivity index (χ0v) is 8.95. The predicted molar refractivity (Wildman–Crippen MR) is 136 cm³/mol. The van der Waals surface area contributed by atoms with E-state index in [4.69, 9.17) is 0 Å². The van der Waals surface area contributed by atoms with Gasteiger partial charge in [0.05, 0.1) is 0 Å². The van der Waals surface area contributed by atoms with Crippen molar-refractivity contribution in [3.8, 4) is 0 Å². The van der Waals surface area contributed by atoms with E-state index >= 15 is 0 Å². The molecule has 0 saturated heterocycles. The maximum Gasteiger partial charge on any atom is -0.0536 e. The Kier molecular flexibility index (Phi) is 1180. The fraction of sp³-hybridized carbons (Fsp3) is 1.00. The van der Waals surface area contributed by atoms with Crippen molar-refractivity contribution in [3.05, 3.63) is 0 Å². The van der Waals surface area contributed by atoms with Crippen LogP contribution in [0.1, 0.15) is 162 Å². The molecule has 23 heavy (non-hydrogen) atoms. The summed E-state index contributed by atoms with van der Waals surface area (Å²) in [7, 11) is 0. The zero-order chi connectivity index (χ0) is 8.95. The quantitative estimate of drug-likeness (QED) is 0.432. The summed E-state index contributed by atoms with van der Waals surface area (Å²) >= 11 is 0. The second kappa shape index (κ2) is 198. The van der Waals surface area contributed by atoms with Crippen LogP contribution in [0.3, 0.4) is 0 Å². The Balaban J connectivity index is -0.00000000387. The van der Waals surface area contributed by atoms with Crippen molar-refractivity contribution in [2.24, 2.45) is 0 Å². The maximum atomic E-state index is 2.23. The molecule has 0 unspecified atom stereocenters. The summed E-state index contributed by atoms with van der Waals surface area (Å²) in [4.78, 5) is 0. The molecule has 0 heteroatoms. The molecule has 0 fully saturated rings. The average Bonchev–Trinajstić information content (AvgIpc) is 2.04. The fourth-order valence-corrected chi connectivity index (χ4v) is 0.854. The summed E-state index contributed by atoms with van der Waals surface area (Å²) in [6.07, 6.45) is 9.61. The van der Waals surface area contributed by atoms with E-state index < -0.39 is 0 Å². The highest BCUT2D eigenvalue weighted by Crippen LogP contribution is 1.95. The lowest BCUT2D eigenvalue weighted by atomic mass is 10.2. The van der Waals surface area contributed by atoms with Crippen LogP contribution in [0, 0.1) is 0 Å². The first kappa shape index (κ1) is 137. The van der Waals surface area contributed by atoms with E-state index in [2.05, 4.69) is 27.7 Å². The van der Waals surface area contributed by atoms with Crippen molar-refractivity contribution in [2.45, 2.75) is 162 Å². The van der Waals surface area contributed by atoms with Gasteiger partial charge in [-0.1, -0.05) is 162 Å². The van der Waals surface area contributed by atoms with Gasteiger partial charge < -0.3 is 0 Å². The van der Waals surface area contributed by atoms with Crippen molar-refractivity contribution < 1.29 is 0 Å². The van der Waals surface area contributed by atoms with Gasteiger partial charge in [-0.3, -0.25) is 0 Å². The molecule has 0 aliphatic carbocycles. The molecule has 0 bridgehead atoms. The van der Waals surface area contributed by atoms with Gasteiger partial charge in [0.15, 0.2) is 0 Å². The number of hydrogen-bond acceptors (Lipinski definition) is 0. The molecule has 0 aliphatic heterocycles. The van der Waals surface area contributed by atoms with Crippen molar-refractivity contribution in [1.82, 2.24) is 0 Å². The topological polar surface area (TPSA) is 0 Å². The van der Waals surface area contributed by atoms with Gasteiger partial charge in [0.2, 0.25) is 0 Å². The molecule has 0 amide bonds. The second-order valence-electron chi connectivity index (χ2n) is 3.06. The van der Waals surface area contributed by atoms with Crippen molar-refractivity contribution in [2.75, 3.05) is 0 Å². The van der Waals surface area contributed by atoms with Crippen LogP contribution in [0.5, 0.6) is 0 Å². The summed E-state index contributed by atoms with van der Waals surface area (Å²) in [5.41, 5.74) is 0. The highest BCUT2D eigenvalue weighted by molar-refractivity contribution is 4.31. The Labute approximate surface area is 162 Å². The van der Waals surface area contributed by atoms with E-state index in [1.54, 1.807) is 0 Å². The molecule has 0 heterocycles. The minimum Gasteiger partial charge on any atom is -0.0776 e. The summed E-state index contributed by atoms with van der Waals surface area (Å²) in [6, 6.07) is 0. The Morgan fingerprint density at radius 3 is 0.435 bits per heavy atom. The Morgan fingerprint density at radius 1 is 0.261 bits per heavy atom. The third-order valence-corrected chi connectivity index (χ3v) is 1.66. The van der Waals surface area contributed by atoms with E-state index in [0.29, 0.717) is 0 Å². The minimum absolute atomic E-state index is 0.